The molecule has 40 heavy (non-hydrogen) atoms. The quantitative estimate of drug-likeness (QED) is 0.313. The predicted octanol–water partition coefficient (Wildman–Crippen LogP) is 3.99. The molecule has 0 spiro atoms. The predicted molar refractivity (Wildman–Crippen MR) is 138 cm³/mol. The maximum Gasteiger partial charge on any atom is 0.416 e. The SMILES string of the molecule is COC(=O)N[C@@H](C)c1nc(Cn2nc(-c3ccc(Cl)cc3)n(C[C@H](O)C(F)(F)F)c2=O)nn1-c1cccc(Cl)c1. The third kappa shape index (κ3) is 6.46. The molecule has 4 aromatic rings. The molecule has 4 rings (SSSR count). The number of hydrogen-bond donors (Lipinski definition) is 2. The van der Waals surface area contributed by atoms with Crippen LogP contribution in [0, 0.1) is 0 Å². The van der Waals surface area contributed by atoms with E-state index in [1.54, 1.807) is 31.2 Å². The lowest BCUT2D eigenvalue weighted by atomic mass is 10.2. The minimum absolute atomic E-state index is 0.0549. The van der Waals surface area contributed by atoms with Crippen LogP contribution < -0.4 is 11.0 Å². The standard InChI is InChI=1S/C24H22Cl2F3N7O4/c1-13(30-22(38)40-2)20-31-19(32-36(20)17-5-3-4-16(26)10-17)12-35-23(39)34(11-18(37)24(27,28)29)21(33-35)14-6-8-15(25)9-7-14/h3-10,13,18,37H,11-12H2,1-2H3,(H,30,38)/t13-,18-/m0/s1. The molecule has 16 heteroatoms. The van der Waals surface area contributed by atoms with Gasteiger partial charge in [0.25, 0.3) is 0 Å². The van der Waals surface area contributed by atoms with E-state index in [4.69, 9.17) is 23.2 Å². The molecule has 2 heterocycles. The molecule has 2 aromatic carbocycles. The van der Waals surface area contributed by atoms with Gasteiger partial charge in [-0.2, -0.15) is 13.2 Å². The largest absolute Gasteiger partial charge is 0.453 e. The maximum atomic E-state index is 13.2. The van der Waals surface area contributed by atoms with E-state index in [0.717, 1.165) is 9.25 Å². The maximum absolute atomic E-state index is 13.2. The number of aliphatic hydroxyl groups excluding tert-OH is 1. The summed E-state index contributed by atoms with van der Waals surface area (Å²) in [5.41, 5.74) is -0.147. The zero-order chi connectivity index (χ0) is 29.2. The molecule has 0 aliphatic rings. The first-order valence-electron chi connectivity index (χ1n) is 11.6. The van der Waals surface area contributed by atoms with Crippen LogP contribution in [-0.4, -0.2) is 59.7 Å². The summed E-state index contributed by atoms with van der Waals surface area (Å²) in [7, 11) is 1.20. The van der Waals surface area contributed by atoms with E-state index in [9.17, 15) is 27.9 Å². The second kappa shape index (κ2) is 11.7. The zero-order valence-electron chi connectivity index (χ0n) is 20.9. The molecule has 0 bridgehead atoms. The molecular weight excluding hydrogens is 578 g/mol. The molecule has 0 saturated heterocycles. The number of amides is 1. The van der Waals surface area contributed by atoms with E-state index in [-0.39, 0.29) is 24.0 Å². The van der Waals surface area contributed by atoms with Crippen molar-refractivity contribution in [2.24, 2.45) is 0 Å². The lowest BCUT2D eigenvalue weighted by Gasteiger charge is -2.15. The Bertz CT molecular complexity index is 1570. The molecule has 0 fully saturated rings. The highest BCUT2D eigenvalue weighted by atomic mass is 35.5. The van der Waals surface area contributed by atoms with Crippen LogP contribution in [0.4, 0.5) is 18.0 Å². The number of nitrogens with zero attached hydrogens (tertiary/aromatic N) is 6. The number of alkyl carbamates (subject to hydrolysis) is 1. The number of carbonyl (C=O) groups is 1. The van der Waals surface area contributed by atoms with E-state index in [2.05, 4.69) is 25.2 Å². The van der Waals surface area contributed by atoms with Crippen LogP contribution in [-0.2, 0) is 17.8 Å². The molecule has 2 atom stereocenters. The smallest absolute Gasteiger partial charge is 0.416 e. The average molecular weight is 600 g/mol. The van der Waals surface area contributed by atoms with Crippen molar-refractivity contribution in [3.05, 3.63) is 80.7 Å². The van der Waals surface area contributed by atoms with Gasteiger partial charge in [-0.3, -0.25) is 4.57 Å². The van der Waals surface area contributed by atoms with Crippen LogP contribution >= 0.6 is 23.2 Å². The Morgan fingerprint density at radius 3 is 2.45 bits per heavy atom. The number of methoxy groups -OCH3 is 1. The monoisotopic (exact) mass is 599 g/mol. The number of ether oxygens (including phenoxy) is 1. The lowest BCUT2D eigenvalue weighted by molar-refractivity contribution is -0.207. The number of hydrogen-bond acceptors (Lipinski definition) is 7. The molecule has 0 unspecified atom stereocenters. The van der Waals surface area contributed by atoms with Crippen molar-refractivity contribution >= 4 is 29.3 Å². The third-order valence-electron chi connectivity index (χ3n) is 5.69. The van der Waals surface area contributed by atoms with Crippen LogP contribution in [0.2, 0.25) is 10.0 Å². The lowest BCUT2D eigenvalue weighted by Crippen LogP contribution is -2.37. The van der Waals surface area contributed by atoms with Crippen molar-refractivity contribution in [3.63, 3.8) is 0 Å². The highest BCUT2D eigenvalue weighted by Gasteiger charge is 2.39. The van der Waals surface area contributed by atoms with Crippen LogP contribution in [0.25, 0.3) is 17.1 Å². The minimum Gasteiger partial charge on any atom is -0.453 e. The van der Waals surface area contributed by atoms with E-state index in [1.165, 1.54) is 36.1 Å². The Morgan fingerprint density at radius 1 is 1.12 bits per heavy atom. The van der Waals surface area contributed by atoms with Crippen molar-refractivity contribution in [1.29, 1.82) is 0 Å². The van der Waals surface area contributed by atoms with Crippen LogP contribution in [0.5, 0.6) is 0 Å². The number of rotatable bonds is 8. The van der Waals surface area contributed by atoms with Crippen molar-refractivity contribution < 1.29 is 27.8 Å². The first-order valence-corrected chi connectivity index (χ1v) is 12.4. The molecule has 0 aliphatic carbocycles. The number of carbonyl (C=O) groups excluding carboxylic acids is 1. The van der Waals surface area contributed by atoms with Gasteiger partial charge in [-0.25, -0.2) is 23.9 Å². The summed E-state index contributed by atoms with van der Waals surface area (Å²) in [5.74, 6) is 0.181. The number of aliphatic hydroxyl groups is 1. The summed E-state index contributed by atoms with van der Waals surface area (Å²) in [6.45, 7) is 0.194. The summed E-state index contributed by atoms with van der Waals surface area (Å²) in [5, 5.41) is 21.7. The van der Waals surface area contributed by atoms with Crippen molar-refractivity contribution in [3.8, 4) is 17.1 Å². The first-order chi connectivity index (χ1) is 18.9. The average Bonchev–Trinajstić information content (AvgIpc) is 3.46. The van der Waals surface area contributed by atoms with Gasteiger partial charge in [0.2, 0.25) is 0 Å². The Kier molecular flexibility index (Phi) is 8.51. The van der Waals surface area contributed by atoms with Gasteiger partial charge < -0.3 is 15.2 Å². The second-order valence-electron chi connectivity index (χ2n) is 8.57. The van der Waals surface area contributed by atoms with E-state index in [0.29, 0.717) is 21.3 Å². The Morgan fingerprint density at radius 2 is 1.82 bits per heavy atom. The molecule has 2 aromatic heterocycles. The van der Waals surface area contributed by atoms with Gasteiger partial charge in [-0.15, -0.1) is 10.2 Å². The summed E-state index contributed by atoms with van der Waals surface area (Å²) >= 11 is 12.1. The van der Waals surface area contributed by atoms with E-state index in [1.807, 2.05) is 0 Å². The highest BCUT2D eigenvalue weighted by molar-refractivity contribution is 6.31. The van der Waals surface area contributed by atoms with Gasteiger partial charge in [0.05, 0.1) is 25.4 Å². The number of halogens is 5. The summed E-state index contributed by atoms with van der Waals surface area (Å²) in [6.07, 6.45) is -8.50. The van der Waals surface area contributed by atoms with Gasteiger partial charge in [-0.05, 0) is 49.4 Å². The van der Waals surface area contributed by atoms with Gasteiger partial charge in [0.1, 0.15) is 6.54 Å². The molecular formula is C24H22Cl2F3N7O4. The zero-order valence-corrected chi connectivity index (χ0v) is 22.4. The van der Waals surface area contributed by atoms with Crippen molar-refractivity contribution in [1.82, 2.24) is 34.4 Å². The number of benzene rings is 2. The minimum atomic E-state index is -4.96. The number of aromatic nitrogens is 6. The Labute approximate surface area is 234 Å². The van der Waals surface area contributed by atoms with Crippen LogP contribution in [0.1, 0.15) is 24.6 Å². The molecule has 2 N–H and O–H groups in total. The molecule has 1 amide bonds. The topological polar surface area (TPSA) is 129 Å². The van der Waals surface area contributed by atoms with Gasteiger partial charge in [0, 0.05) is 15.6 Å². The van der Waals surface area contributed by atoms with Gasteiger partial charge in [0.15, 0.2) is 23.6 Å². The second-order valence-corrected chi connectivity index (χ2v) is 9.45. The fraction of sp³-hybridized carbons (Fsp3) is 0.292. The fourth-order valence-corrected chi connectivity index (χ4v) is 4.06. The fourth-order valence-electron chi connectivity index (χ4n) is 3.75. The normalized spacial score (nSPS) is 13.2. The molecule has 11 nitrogen and oxygen atoms in total. The molecule has 0 aliphatic heterocycles. The van der Waals surface area contributed by atoms with Crippen molar-refractivity contribution in [2.45, 2.75) is 38.3 Å². The Balaban J connectivity index is 1.78. The molecule has 0 radical (unpaired) electrons. The van der Waals surface area contributed by atoms with Crippen molar-refractivity contribution in [2.75, 3.05) is 7.11 Å². The Hall–Kier alpha value is -3.88. The van der Waals surface area contributed by atoms with Crippen LogP contribution in [0.3, 0.4) is 0 Å². The van der Waals surface area contributed by atoms with Crippen LogP contribution in [0.15, 0.2) is 53.3 Å². The highest BCUT2D eigenvalue weighted by Crippen LogP contribution is 2.25. The van der Waals surface area contributed by atoms with Gasteiger partial charge in [-0.1, -0.05) is 29.3 Å². The molecule has 212 valence electrons. The van der Waals surface area contributed by atoms with E-state index >= 15 is 0 Å². The summed E-state index contributed by atoms with van der Waals surface area (Å²) in [6, 6.07) is 11.8. The number of nitrogens with one attached hydrogen (secondary N) is 1. The molecule has 0 saturated carbocycles. The van der Waals surface area contributed by atoms with E-state index < -0.39 is 36.6 Å². The first kappa shape index (κ1) is 29.1. The summed E-state index contributed by atoms with van der Waals surface area (Å²) < 4.78 is 47.1. The third-order valence-corrected chi connectivity index (χ3v) is 6.17. The summed E-state index contributed by atoms with van der Waals surface area (Å²) in [4.78, 5) is 29.5. The number of alkyl halides is 3. The van der Waals surface area contributed by atoms with Gasteiger partial charge >= 0.3 is 18.0 Å².